The van der Waals surface area contributed by atoms with Gasteiger partial charge >= 0.3 is 5.97 Å². The Bertz CT molecular complexity index is 466. The second kappa shape index (κ2) is 4.64. The summed E-state index contributed by atoms with van der Waals surface area (Å²) in [5, 5.41) is 8.86. The van der Waals surface area contributed by atoms with Crippen LogP contribution >= 0.6 is 0 Å². The lowest BCUT2D eigenvalue weighted by molar-refractivity contribution is -0.144. The number of rotatable bonds is 3. The fourth-order valence-corrected chi connectivity index (χ4v) is 1.89. The Morgan fingerprint density at radius 3 is 2.67 bits per heavy atom. The maximum atomic E-state index is 12.0. The number of carbonyl (C=O) groups excluding carboxylic acids is 1. The minimum absolute atomic E-state index is 0.0280. The van der Waals surface area contributed by atoms with E-state index in [1.165, 1.54) is 6.20 Å². The zero-order valence-corrected chi connectivity index (χ0v) is 10.0. The first-order chi connectivity index (χ1) is 8.49. The monoisotopic (exact) mass is 249 g/mol. The van der Waals surface area contributed by atoms with Crippen LogP contribution in [0.5, 0.6) is 0 Å². The summed E-state index contributed by atoms with van der Waals surface area (Å²) in [7, 11) is 0. The van der Waals surface area contributed by atoms with Gasteiger partial charge in [0.05, 0.1) is 17.8 Å². The van der Waals surface area contributed by atoms with E-state index < -0.39 is 11.9 Å². The van der Waals surface area contributed by atoms with Gasteiger partial charge in [-0.2, -0.15) is 0 Å². The molecule has 1 unspecified atom stereocenters. The molecule has 1 aromatic heterocycles. The van der Waals surface area contributed by atoms with E-state index in [-0.39, 0.29) is 11.8 Å². The molecule has 6 nitrogen and oxygen atoms in total. The molecule has 96 valence electrons. The van der Waals surface area contributed by atoms with Crippen LogP contribution in [0.3, 0.4) is 0 Å². The van der Waals surface area contributed by atoms with Gasteiger partial charge in [-0.3, -0.25) is 9.59 Å². The number of nitrogens with two attached hydrogens (primary N) is 1. The highest BCUT2D eigenvalue weighted by Crippen LogP contribution is 2.25. The summed E-state index contributed by atoms with van der Waals surface area (Å²) in [6, 6.07) is 3.20. The Hall–Kier alpha value is -2.11. The van der Waals surface area contributed by atoms with Gasteiger partial charge in [-0.1, -0.05) is 6.92 Å². The summed E-state index contributed by atoms with van der Waals surface area (Å²) in [4.78, 5) is 28.3. The van der Waals surface area contributed by atoms with Crippen LogP contribution in [-0.2, 0) is 4.79 Å². The van der Waals surface area contributed by atoms with Gasteiger partial charge in [0.1, 0.15) is 5.69 Å². The van der Waals surface area contributed by atoms with E-state index in [2.05, 4.69) is 4.98 Å². The average molecular weight is 249 g/mol. The minimum atomic E-state index is -0.822. The van der Waals surface area contributed by atoms with Crippen LogP contribution in [0.2, 0.25) is 0 Å². The average Bonchev–Trinajstić information content (AvgIpc) is 2.27. The molecule has 1 saturated heterocycles. The SMILES string of the molecule is CC(C(=O)O)C1CN(C(=O)c2ccc(N)cn2)C1. The lowest BCUT2D eigenvalue weighted by Gasteiger charge is -2.40. The highest BCUT2D eigenvalue weighted by atomic mass is 16.4. The lowest BCUT2D eigenvalue weighted by atomic mass is 9.87. The smallest absolute Gasteiger partial charge is 0.306 e. The fourth-order valence-electron chi connectivity index (χ4n) is 1.89. The molecular formula is C12H15N3O3. The highest BCUT2D eigenvalue weighted by Gasteiger charge is 2.37. The lowest BCUT2D eigenvalue weighted by Crippen LogP contribution is -2.53. The van der Waals surface area contributed by atoms with E-state index in [1.807, 2.05) is 0 Å². The number of carboxylic acids is 1. The van der Waals surface area contributed by atoms with Crippen LogP contribution in [0.25, 0.3) is 0 Å². The molecule has 0 radical (unpaired) electrons. The third-order valence-electron chi connectivity index (χ3n) is 3.30. The molecule has 1 aliphatic rings. The van der Waals surface area contributed by atoms with Crippen molar-refractivity contribution in [3.63, 3.8) is 0 Å². The molecule has 0 bridgehead atoms. The molecule has 2 rings (SSSR count). The summed E-state index contributed by atoms with van der Waals surface area (Å²) in [6.45, 7) is 2.60. The topological polar surface area (TPSA) is 96.5 Å². The van der Waals surface area contributed by atoms with Gasteiger partial charge in [0.25, 0.3) is 5.91 Å². The fraction of sp³-hybridized carbons (Fsp3) is 0.417. The van der Waals surface area contributed by atoms with Crippen molar-refractivity contribution in [1.29, 1.82) is 0 Å². The van der Waals surface area contributed by atoms with E-state index in [9.17, 15) is 9.59 Å². The first-order valence-electron chi connectivity index (χ1n) is 5.72. The molecule has 0 saturated carbocycles. The Balaban J connectivity index is 1.94. The van der Waals surface area contributed by atoms with Crippen LogP contribution in [0.4, 0.5) is 5.69 Å². The van der Waals surface area contributed by atoms with Crippen LogP contribution in [0.15, 0.2) is 18.3 Å². The van der Waals surface area contributed by atoms with Gasteiger partial charge in [-0.25, -0.2) is 4.98 Å². The Kier molecular flexibility index (Phi) is 3.18. The van der Waals surface area contributed by atoms with Gasteiger partial charge in [-0.15, -0.1) is 0 Å². The number of nitrogens with zero attached hydrogens (tertiary/aromatic N) is 2. The van der Waals surface area contributed by atoms with Crippen molar-refractivity contribution in [1.82, 2.24) is 9.88 Å². The number of pyridine rings is 1. The first kappa shape index (κ1) is 12.3. The molecule has 1 amide bonds. The molecule has 1 aliphatic heterocycles. The largest absolute Gasteiger partial charge is 0.481 e. The normalized spacial score (nSPS) is 17.1. The molecule has 0 spiro atoms. The number of hydrogen-bond donors (Lipinski definition) is 2. The number of nitrogen functional groups attached to an aromatic ring is 1. The van der Waals surface area contributed by atoms with Crippen molar-refractivity contribution in [2.24, 2.45) is 11.8 Å². The number of aliphatic carboxylic acids is 1. The number of hydrogen-bond acceptors (Lipinski definition) is 4. The molecular weight excluding hydrogens is 234 g/mol. The predicted octanol–water partition coefficient (Wildman–Crippen LogP) is 0.457. The number of aromatic nitrogens is 1. The molecule has 18 heavy (non-hydrogen) atoms. The second-order valence-corrected chi connectivity index (χ2v) is 4.57. The van der Waals surface area contributed by atoms with Crippen LogP contribution < -0.4 is 5.73 Å². The number of carboxylic acid groups (broad SMARTS) is 1. The number of likely N-dealkylation sites (tertiary alicyclic amines) is 1. The van der Waals surface area contributed by atoms with Crippen LogP contribution in [0.1, 0.15) is 17.4 Å². The molecule has 6 heteroatoms. The third kappa shape index (κ3) is 2.27. The molecule has 2 heterocycles. The van der Waals surface area contributed by atoms with Crippen molar-refractivity contribution < 1.29 is 14.7 Å². The summed E-state index contributed by atoms with van der Waals surface area (Å²) in [6.07, 6.45) is 1.43. The maximum absolute atomic E-state index is 12.0. The van der Waals surface area contributed by atoms with Crippen molar-refractivity contribution in [3.05, 3.63) is 24.0 Å². The zero-order valence-electron chi connectivity index (χ0n) is 10.0. The molecule has 3 N–H and O–H groups in total. The van der Waals surface area contributed by atoms with E-state index >= 15 is 0 Å². The first-order valence-corrected chi connectivity index (χ1v) is 5.72. The van der Waals surface area contributed by atoms with Gasteiger partial charge < -0.3 is 15.7 Å². The van der Waals surface area contributed by atoms with E-state index in [1.54, 1.807) is 24.0 Å². The van der Waals surface area contributed by atoms with E-state index in [0.29, 0.717) is 24.5 Å². The summed E-state index contributed by atoms with van der Waals surface area (Å²) in [5.74, 6) is -1.39. The third-order valence-corrected chi connectivity index (χ3v) is 3.30. The molecule has 1 atom stereocenters. The molecule has 0 aromatic carbocycles. The maximum Gasteiger partial charge on any atom is 0.306 e. The summed E-state index contributed by atoms with van der Waals surface area (Å²) in [5.41, 5.74) is 6.34. The van der Waals surface area contributed by atoms with Gasteiger partial charge in [0.2, 0.25) is 0 Å². The van der Waals surface area contributed by atoms with E-state index in [0.717, 1.165) is 0 Å². The Morgan fingerprint density at radius 2 is 2.17 bits per heavy atom. The standard InChI is InChI=1S/C12H15N3O3/c1-7(12(17)18)8-5-15(6-8)11(16)10-3-2-9(13)4-14-10/h2-4,7-8H,5-6,13H2,1H3,(H,17,18). The zero-order chi connectivity index (χ0) is 13.3. The highest BCUT2D eigenvalue weighted by molar-refractivity contribution is 5.93. The van der Waals surface area contributed by atoms with Gasteiger partial charge in [-0.05, 0) is 12.1 Å². The summed E-state index contributed by atoms with van der Waals surface area (Å²) < 4.78 is 0. The van der Waals surface area contributed by atoms with E-state index in [4.69, 9.17) is 10.8 Å². The number of amides is 1. The van der Waals surface area contributed by atoms with Crippen molar-refractivity contribution >= 4 is 17.6 Å². The Morgan fingerprint density at radius 1 is 1.50 bits per heavy atom. The predicted molar refractivity (Wildman–Crippen MR) is 64.8 cm³/mol. The van der Waals surface area contributed by atoms with Gasteiger partial charge in [0, 0.05) is 19.0 Å². The summed E-state index contributed by atoms with van der Waals surface area (Å²) >= 11 is 0. The number of carbonyl (C=O) groups is 2. The molecule has 1 fully saturated rings. The molecule has 1 aromatic rings. The van der Waals surface area contributed by atoms with Crippen LogP contribution in [-0.4, -0.2) is 40.0 Å². The molecule has 0 aliphatic carbocycles. The quantitative estimate of drug-likeness (QED) is 0.811. The van der Waals surface area contributed by atoms with Gasteiger partial charge in [0.15, 0.2) is 0 Å². The number of anilines is 1. The van der Waals surface area contributed by atoms with Crippen molar-refractivity contribution in [2.75, 3.05) is 18.8 Å². The van der Waals surface area contributed by atoms with Crippen molar-refractivity contribution in [3.8, 4) is 0 Å². The van der Waals surface area contributed by atoms with Crippen molar-refractivity contribution in [2.45, 2.75) is 6.92 Å². The Labute approximate surface area is 104 Å². The second-order valence-electron chi connectivity index (χ2n) is 4.57. The minimum Gasteiger partial charge on any atom is -0.481 e. The van der Waals surface area contributed by atoms with Crippen LogP contribution in [0, 0.1) is 11.8 Å².